The van der Waals surface area contributed by atoms with Crippen LogP contribution in [0, 0.1) is 5.41 Å². The summed E-state index contributed by atoms with van der Waals surface area (Å²) in [5, 5.41) is 12.3. The molecular formula is C13H14ClNO3. The van der Waals surface area contributed by atoms with Gasteiger partial charge in [0.1, 0.15) is 5.41 Å². The summed E-state index contributed by atoms with van der Waals surface area (Å²) in [6.07, 6.45) is 1.46. The lowest BCUT2D eigenvalue weighted by Crippen LogP contribution is -2.37. The number of halogens is 1. The van der Waals surface area contributed by atoms with E-state index in [0.717, 1.165) is 5.56 Å². The number of carbonyl (C=O) groups excluding carboxylic acids is 1. The second-order valence-electron chi connectivity index (χ2n) is 4.48. The normalized spacial score (nSPS) is 16.1. The van der Waals surface area contributed by atoms with Crippen molar-refractivity contribution < 1.29 is 14.7 Å². The number of carboxylic acid groups (broad SMARTS) is 1. The first-order valence-electron chi connectivity index (χ1n) is 5.81. The third kappa shape index (κ3) is 2.48. The molecule has 0 atom stereocenters. The van der Waals surface area contributed by atoms with Crippen molar-refractivity contribution in [3.63, 3.8) is 0 Å². The molecule has 1 saturated carbocycles. The van der Waals surface area contributed by atoms with Gasteiger partial charge in [-0.15, -0.1) is 0 Å². The molecule has 1 aliphatic rings. The molecule has 0 aromatic heterocycles. The van der Waals surface area contributed by atoms with Gasteiger partial charge in [0.25, 0.3) is 0 Å². The summed E-state index contributed by atoms with van der Waals surface area (Å²) in [5.74, 6) is -1.42. The highest BCUT2D eigenvalue weighted by atomic mass is 35.5. The number of carbonyl (C=O) groups is 2. The summed E-state index contributed by atoms with van der Waals surface area (Å²) >= 11 is 5.99. The highest BCUT2D eigenvalue weighted by Gasteiger charge is 2.56. The maximum absolute atomic E-state index is 11.7. The van der Waals surface area contributed by atoms with Crippen LogP contribution in [0.15, 0.2) is 24.3 Å². The quantitative estimate of drug-likeness (QED) is 0.801. The Morgan fingerprint density at radius 3 is 2.56 bits per heavy atom. The van der Waals surface area contributed by atoms with E-state index in [1.807, 2.05) is 18.2 Å². The fourth-order valence-corrected chi connectivity index (χ4v) is 2.07. The van der Waals surface area contributed by atoms with E-state index < -0.39 is 11.4 Å². The third-order valence-electron chi connectivity index (χ3n) is 3.23. The van der Waals surface area contributed by atoms with Gasteiger partial charge in [-0.3, -0.25) is 9.59 Å². The van der Waals surface area contributed by atoms with Gasteiger partial charge in [-0.1, -0.05) is 29.8 Å². The number of rotatable bonds is 5. The van der Waals surface area contributed by atoms with E-state index in [1.54, 1.807) is 6.07 Å². The first kappa shape index (κ1) is 12.9. The lowest BCUT2D eigenvalue weighted by Gasteiger charge is -2.11. The molecule has 5 heteroatoms. The van der Waals surface area contributed by atoms with Crippen molar-refractivity contribution in [3.05, 3.63) is 34.9 Å². The summed E-state index contributed by atoms with van der Waals surface area (Å²) in [5.41, 5.74) is -0.222. The summed E-state index contributed by atoms with van der Waals surface area (Å²) in [6.45, 7) is 0.400. The maximum atomic E-state index is 11.7. The van der Waals surface area contributed by atoms with Crippen LogP contribution in [0.2, 0.25) is 5.02 Å². The average molecular weight is 268 g/mol. The van der Waals surface area contributed by atoms with E-state index in [0.29, 0.717) is 30.8 Å². The number of nitrogens with one attached hydrogen (secondary N) is 1. The van der Waals surface area contributed by atoms with Crippen molar-refractivity contribution in [1.29, 1.82) is 0 Å². The molecule has 0 saturated heterocycles. The Hall–Kier alpha value is -1.55. The molecule has 1 aliphatic carbocycles. The van der Waals surface area contributed by atoms with Gasteiger partial charge in [0, 0.05) is 11.6 Å². The van der Waals surface area contributed by atoms with Crippen molar-refractivity contribution in [3.8, 4) is 0 Å². The van der Waals surface area contributed by atoms with Crippen LogP contribution in [0.5, 0.6) is 0 Å². The molecule has 2 rings (SSSR count). The molecule has 18 heavy (non-hydrogen) atoms. The van der Waals surface area contributed by atoms with Gasteiger partial charge in [0.15, 0.2) is 0 Å². The summed E-state index contributed by atoms with van der Waals surface area (Å²) in [6, 6.07) is 7.40. The van der Waals surface area contributed by atoms with Crippen molar-refractivity contribution in [2.24, 2.45) is 5.41 Å². The van der Waals surface area contributed by atoms with E-state index in [9.17, 15) is 9.59 Å². The minimum absolute atomic E-state index is 0.387. The molecule has 1 fully saturated rings. The highest BCUT2D eigenvalue weighted by Crippen LogP contribution is 2.46. The van der Waals surface area contributed by atoms with E-state index in [4.69, 9.17) is 16.7 Å². The van der Waals surface area contributed by atoms with Gasteiger partial charge in [-0.05, 0) is 30.9 Å². The summed E-state index contributed by atoms with van der Waals surface area (Å²) in [4.78, 5) is 22.6. The Morgan fingerprint density at radius 1 is 1.33 bits per heavy atom. The molecule has 0 heterocycles. The van der Waals surface area contributed by atoms with Crippen molar-refractivity contribution in [1.82, 2.24) is 5.32 Å². The number of amides is 1. The van der Waals surface area contributed by atoms with Crippen LogP contribution in [-0.2, 0) is 16.0 Å². The highest BCUT2D eigenvalue weighted by molar-refractivity contribution is 6.31. The zero-order valence-corrected chi connectivity index (χ0v) is 10.5. The first-order valence-corrected chi connectivity index (χ1v) is 6.19. The van der Waals surface area contributed by atoms with Crippen LogP contribution in [0.25, 0.3) is 0 Å². The zero-order chi connectivity index (χ0) is 13.2. The van der Waals surface area contributed by atoms with Crippen LogP contribution in [-0.4, -0.2) is 23.5 Å². The second kappa shape index (κ2) is 4.98. The predicted octanol–water partition coefficient (Wildman–Crippen LogP) is 1.86. The molecule has 0 radical (unpaired) electrons. The number of benzene rings is 1. The molecule has 0 aliphatic heterocycles. The van der Waals surface area contributed by atoms with Gasteiger partial charge in [0.05, 0.1) is 0 Å². The molecule has 2 N–H and O–H groups in total. The smallest absolute Gasteiger partial charge is 0.319 e. The summed E-state index contributed by atoms with van der Waals surface area (Å²) in [7, 11) is 0. The Morgan fingerprint density at radius 2 is 2.00 bits per heavy atom. The maximum Gasteiger partial charge on any atom is 0.319 e. The SMILES string of the molecule is O=C(O)C1(C(=O)NCCc2ccccc2Cl)CC1. The van der Waals surface area contributed by atoms with Gasteiger partial charge in [-0.2, -0.15) is 0 Å². The van der Waals surface area contributed by atoms with E-state index in [2.05, 4.69) is 5.32 Å². The number of carboxylic acids is 1. The van der Waals surface area contributed by atoms with Crippen LogP contribution in [0.1, 0.15) is 18.4 Å². The fourth-order valence-electron chi connectivity index (χ4n) is 1.84. The predicted molar refractivity (Wildman–Crippen MR) is 67.5 cm³/mol. The first-order chi connectivity index (χ1) is 8.56. The minimum Gasteiger partial charge on any atom is -0.480 e. The van der Waals surface area contributed by atoms with Gasteiger partial charge < -0.3 is 10.4 Å². The Labute approximate surface area is 110 Å². The molecule has 0 bridgehead atoms. The molecule has 0 spiro atoms. The fraction of sp³-hybridized carbons (Fsp3) is 0.385. The lowest BCUT2D eigenvalue weighted by molar-refractivity contribution is -0.149. The lowest BCUT2D eigenvalue weighted by atomic mass is 10.1. The molecule has 1 aromatic carbocycles. The molecular weight excluding hydrogens is 254 g/mol. The van der Waals surface area contributed by atoms with Crippen molar-refractivity contribution in [2.45, 2.75) is 19.3 Å². The summed E-state index contributed by atoms with van der Waals surface area (Å²) < 4.78 is 0. The van der Waals surface area contributed by atoms with E-state index in [1.165, 1.54) is 0 Å². The third-order valence-corrected chi connectivity index (χ3v) is 3.60. The van der Waals surface area contributed by atoms with Crippen molar-refractivity contribution in [2.75, 3.05) is 6.54 Å². The van der Waals surface area contributed by atoms with Crippen LogP contribution in [0.3, 0.4) is 0 Å². The standard InChI is InChI=1S/C13H14ClNO3/c14-10-4-2-1-3-9(10)5-8-15-11(16)13(6-7-13)12(17)18/h1-4H,5-8H2,(H,15,16)(H,17,18). The van der Waals surface area contributed by atoms with Gasteiger partial charge in [-0.25, -0.2) is 0 Å². The van der Waals surface area contributed by atoms with Crippen LogP contribution < -0.4 is 5.32 Å². The van der Waals surface area contributed by atoms with Crippen LogP contribution in [0.4, 0.5) is 0 Å². The zero-order valence-electron chi connectivity index (χ0n) is 9.78. The van der Waals surface area contributed by atoms with E-state index >= 15 is 0 Å². The number of hydrogen-bond acceptors (Lipinski definition) is 2. The molecule has 0 unspecified atom stereocenters. The van der Waals surface area contributed by atoms with Crippen LogP contribution >= 0.6 is 11.6 Å². The average Bonchev–Trinajstić information content (AvgIpc) is 3.12. The molecule has 96 valence electrons. The molecule has 1 aromatic rings. The minimum atomic E-state index is -1.17. The molecule has 1 amide bonds. The van der Waals surface area contributed by atoms with Crippen molar-refractivity contribution >= 4 is 23.5 Å². The Bertz CT molecular complexity index is 483. The number of aliphatic carboxylic acids is 1. The van der Waals surface area contributed by atoms with E-state index in [-0.39, 0.29) is 5.91 Å². The second-order valence-corrected chi connectivity index (χ2v) is 4.89. The van der Waals surface area contributed by atoms with Gasteiger partial charge >= 0.3 is 5.97 Å². The topological polar surface area (TPSA) is 66.4 Å². The largest absolute Gasteiger partial charge is 0.480 e. The Balaban J connectivity index is 1.85. The Kier molecular flexibility index (Phi) is 3.57. The number of hydrogen-bond donors (Lipinski definition) is 2. The van der Waals surface area contributed by atoms with Gasteiger partial charge in [0.2, 0.25) is 5.91 Å². The molecule has 4 nitrogen and oxygen atoms in total. The monoisotopic (exact) mass is 267 g/mol.